The van der Waals surface area contributed by atoms with E-state index in [-0.39, 0.29) is 43.0 Å². The minimum atomic E-state index is -4.74. The largest absolute Gasteiger partial charge is 0.497 e. The van der Waals surface area contributed by atoms with E-state index < -0.39 is 29.2 Å². The average molecular weight is 654 g/mol. The molecule has 1 aromatic heterocycles. The summed E-state index contributed by atoms with van der Waals surface area (Å²) in [5.74, 6) is 0.663. The number of anilines is 2. The number of ether oxygens (including phenoxy) is 5. The van der Waals surface area contributed by atoms with Crippen molar-refractivity contribution in [1.29, 1.82) is 0 Å². The first-order valence-corrected chi connectivity index (χ1v) is 14.8. The lowest BCUT2D eigenvalue weighted by molar-refractivity contribution is -0.160. The molecule has 2 amide bonds. The van der Waals surface area contributed by atoms with Gasteiger partial charge in [-0.3, -0.25) is 4.98 Å². The van der Waals surface area contributed by atoms with Crippen LogP contribution in [-0.4, -0.2) is 43.0 Å². The Morgan fingerprint density at radius 1 is 0.957 bits per heavy atom. The fourth-order valence-electron chi connectivity index (χ4n) is 4.79. The highest BCUT2D eigenvalue weighted by Gasteiger charge is 2.40. The van der Waals surface area contributed by atoms with Crippen LogP contribution in [-0.2, 0) is 17.5 Å². The zero-order valence-electron chi connectivity index (χ0n) is 25.4. The highest BCUT2D eigenvalue weighted by Crippen LogP contribution is 2.40. The van der Waals surface area contributed by atoms with Crippen molar-refractivity contribution < 1.29 is 46.0 Å². The number of nitrogens with one attached hydrogen (secondary N) is 2. The second-order valence-corrected chi connectivity index (χ2v) is 11.5. The maximum Gasteiger partial charge on any atom is 0.420 e. The zero-order chi connectivity index (χ0) is 33.2. The van der Waals surface area contributed by atoms with E-state index in [2.05, 4.69) is 15.6 Å². The second-order valence-electron chi connectivity index (χ2n) is 11.5. The standard InChI is InChI=1S/C34H31F4N3O6/c1-33(18-44-19-33)47-30-10-5-23(13-27(30)34(36,37)38)40-32(42)41-29-9-4-20(12-28(29)35)22-11-26(16-39-15-22)45-17-21-3-6-25(43-2)14-31(21)46-24-7-8-24/h3-6,9-16,24H,7-8,17-19H2,1-2H3,(H2,40,41,42). The molecule has 2 fully saturated rings. The molecule has 1 saturated carbocycles. The van der Waals surface area contributed by atoms with Crippen molar-refractivity contribution in [3.05, 3.63) is 90.0 Å². The van der Waals surface area contributed by atoms with Crippen LogP contribution in [0, 0.1) is 5.82 Å². The molecule has 0 unspecified atom stereocenters. The van der Waals surface area contributed by atoms with Gasteiger partial charge in [-0.15, -0.1) is 0 Å². The van der Waals surface area contributed by atoms with Crippen LogP contribution in [0.4, 0.5) is 33.7 Å². The molecule has 1 aliphatic heterocycles. The van der Waals surface area contributed by atoms with Crippen LogP contribution >= 0.6 is 0 Å². The van der Waals surface area contributed by atoms with E-state index in [1.165, 1.54) is 24.4 Å². The molecule has 0 atom stereocenters. The monoisotopic (exact) mass is 653 g/mol. The van der Waals surface area contributed by atoms with E-state index in [0.717, 1.165) is 30.5 Å². The van der Waals surface area contributed by atoms with Gasteiger partial charge in [0.2, 0.25) is 0 Å². The Balaban J connectivity index is 1.10. The van der Waals surface area contributed by atoms with Crippen LogP contribution in [0.3, 0.4) is 0 Å². The summed E-state index contributed by atoms with van der Waals surface area (Å²) in [6.07, 6.45) is 0.529. The van der Waals surface area contributed by atoms with Crippen molar-refractivity contribution in [2.45, 2.75) is 44.3 Å². The highest BCUT2D eigenvalue weighted by atomic mass is 19.4. The predicted octanol–water partition coefficient (Wildman–Crippen LogP) is 7.85. The third-order valence-electron chi connectivity index (χ3n) is 7.46. The molecule has 0 bridgehead atoms. The van der Waals surface area contributed by atoms with E-state index in [1.54, 1.807) is 32.4 Å². The number of carbonyl (C=O) groups excluding carboxylic acids is 1. The molecule has 0 spiro atoms. The summed E-state index contributed by atoms with van der Waals surface area (Å²) < 4.78 is 84.3. The quantitative estimate of drug-likeness (QED) is 0.159. The Kier molecular flexibility index (Phi) is 8.82. The molecule has 2 N–H and O–H groups in total. The van der Waals surface area contributed by atoms with Crippen LogP contribution in [0.15, 0.2) is 73.1 Å². The molecule has 13 heteroatoms. The Bertz CT molecular complexity index is 1780. The Morgan fingerprint density at radius 3 is 2.45 bits per heavy atom. The summed E-state index contributed by atoms with van der Waals surface area (Å²) in [5, 5.41) is 4.65. The number of methoxy groups -OCH3 is 1. The molecule has 9 nitrogen and oxygen atoms in total. The van der Waals surface area contributed by atoms with Gasteiger partial charge >= 0.3 is 12.2 Å². The minimum absolute atomic E-state index is 0.155. The number of pyridine rings is 1. The van der Waals surface area contributed by atoms with E-state index in [1.807, 2.05) is 18.2 Å². The molecule has 2 heterocycles. The normalized spacial score (nSPS) is 15.3. The van der Waals surface area contributed by atoms with Gasteiger partial charge in [0, 0.05) is 29.1 Å². The first-order chi connectivity index (χ1) is 22.5. The SMILES string of the molecule is COc1ccc(COc2cncc(-c3ccc(NC(=O)Nc4ccc(OC5(C)COC5)c(C(F)(F)F)c4)c(F)c3)c2)c(OC2CC2)c1. The van der Waals surface area contributed by atoms with E-state index in [0.29, 0.717) is 28.4 Å². The predicted molar refractivity (Wildman–Crippen MR) is 165 cm³/mol. The summed E-state index contributed by atoms with van der Waals surface area (Å²) in [7, 11) is 1.59. The molecule has 2 aliphatic rings. The van der Waals surface area contributed by atoms with E-state index >= 15 is 4.39 Å². The van der Waals surface area contributed by atoms with Gasteiger partial charge < -0.3 is 34.3 Å². The number of nitrogens with zero attached hydrogens (tertiary/aromatic N) is 1. The van der Waals surface area contributed by atoms with Crippen LogP contribution in [0.1, 0.15) is 30.9 Å². The van der Waals surface area contributed by atoms with Crippen LogP contribution in [0.25, 0.3) is 11.1 Å². The lowest BCUT2D eigenvalue weighted by Crippen LogP contribution is -2.51. The van der Waals surface area contributed by atoms with Crippen molar-refractivity contribution >= 4 is 17.4 Å². The van der Waals surface area contributed by atoms with Gasteiger partial charge in [-0.05, 0) is 73.9 Å². The fourth-order valence-corrected chi connectivity index (χ4v) is 4.79. The Morgan fingerprint density at radius 2 is 1.77 bits per heavy atom. The van der Waals surface area contributed by atoms with Crippen LogP contribution in [0.5, 0.6) is 23.0 Å². The number of carbonyl (C=O) groups is 1. The van der Waals surface area contributed by atoms with Gasteiger partial charge in [-0.2, -0.15) is 13.2 Å². The number of halogens is 4. The van der Waals surface area contributed by atoms with Crippen molar-refractivity contribution in [2.75, 3.05) is 31.0 Å². The Hall–Kier alpha value is -5.04. The lowest BCUT2D eigenvalue weighted by Gasteiger charge is -2.38. The minimum Gasteiger partial charge on any atom is -0.497 e. The lowest BCUT2D eigenvalue weighted by atomic mass is 10.0. The number of hydrogen-bond donors (Lipinski definition) is 2. The smallest absolute Gasteiger partial charge is 0.420 e. The molecule has 246 valence electrons. The number of aromatic nitrogens is 1. The van der Waals surface area contributed by atoms with Crippen molar-refractivity contribution in [3.8, 4) is 34.1 Å². The molecule has 4 aromatic rings. The van der Waals surface area contributed by atoms with Crippen LogP contribution < -0.4 is 29.6 Å². The zero-order valence-corrected chi connectivity index (χ0v) is 25.4. The van der Waals surface area contributed by atoms with E-state index in [9.17, 15) is 18.0 Å². The first-order valence-electron chi connectivity index (χ1n) is 14.8. The molecule has 47 heavy (non-hydrogen) atoms. The van der Waals surface area contributed by atoms with Gasteiger partial charge in [0.25, 0.3) is 0 Å². The van der Waals surface area contributed by atoms with Crippen LogP contribution in [0.2, 0.25) is 0 Å². The van der Waals surface area contributed by atoms with Gasteiger partial charge in [0.05, 0.1) is 43.9 Å². The van der Waals surface area contributed by atoms with Gasteiger partial charge in [-0.1, -0.05) is 6.07 Å². The maximum absolute atomic E-state index is 15.1. The topological polar surface area (TPSA) is 100 Å². The molecular weight excluding hydrogens is 622 g/mol. The molecule has 1 aliphatic carbocycles. The molecule has 1 saturated heterocycles. The maximum atomic E-state index is 15.1. The second kappa shape index (κ2) is 13.0. The number of amides is 2. The van der Waals surface area contributed by atoms with Gasteiger partial charge in [0.1, 0.15) is 35.4 Å². The third kappa shape index (κ3) is 7.86. The molecule has 6 rings (SSSR count). The summed E-state index contributed by atoms with van der Waals surface area (Å²) >= 11 is 0. The highest BCUT2D eigenvalue weighted by molar-refractivity contribution is 6.00. The number of hydrogen-bond acceptors (Lipinski definition) is 7. The van der Waals surface area contributed by atoms with E-state index in [4.69, 9.17) is 23.7 Å². The van der Waals surface area contributed by atoms with Crippen molar-refractivity contribution in [3.63, 3.8) is 0 Å². The van der Waals surface area contributed by atoms with Gasteiger partial charge in [0.15, 0.2) is 5.60 Å². The number of rotatable bonds is 11. The fraction of sp³-hybridized carbons (Fsp3) is 0.294. The third-order valence-corrected chi connectivity index (χ3v) is 7.46. The first kappa shape index (κ1) is 31.9. The molecule has 3 aromatic carbocycles. The summed E-state index contributed by atoms with van der Waals surface area (Å²) in [6.45, 7) is 2.17. The van der Waals surface area contributed by atoms with Gasteiger partial charge in [-0.25, -0.2) is 9.18 Å². The summed E-state index contributed by atoms with van der Waals surface area (Å²) in [6, 6.07) is 13.6. The number of urea groups is 1. The van der Waals surface area contributed by atoms with Crippen molar-refractivity contribution in [2.24, 2.45) is 0 Å². The summed E-state index contributed by atoms with van der Waals surface area (Å²) in [4.78, 5) is 16.8. The number of alkyl halides is 3. The summed E-state index contributed by atoms with van der Waals surface area (Å²) in [5.41, 5.74) is -0.405. The average Bonchev–Trinajstić information content (AvgIpc) is 3.85. The Labute approximate surface area is 267 Å². The number of benzene rings is 3. The molecule has 0 radical (unpaired) electrons. The molecular formula is C34H31F4N3O6. The van der Waals surface area contributed by atoms with Crippen molar-refractivity contribution in [1.82, 2.24) is 4.98 Å².